The molecule has 3 aromatic rings. The molecule has 2 nitrogen and oxygen atoms in total. The number of nitrogens with one attached hydrogen (secondary N) is 1. The van der Waals surface area contributed by atoms with Crippen LogP contribution in [0.25, 0.3) is 10.9 Å². The number of anilines is 2. The highest BCUT2D eigenvalue weighted by atomic mass is 79.9. The van der Waals surface area contributed by atoms with Crippen LogP contribution >= 0.6 is 15.9 Å². The van der Waals surface area contributed by atoms with Crippen LogP contribution < -0.4 is 5.32 Å². The quantitative estimate of drug-likeness (QED) is 0.716. The molecule has 2 aromatic carbocycles. The Hall–Kier alpha value is -1.87. The molecule has 0 spiro atoms. The molecule has 0 amide bonds. The number of pyridine rings is 1. The zero-order valence-electron chi connectivity index (χ0n) is 10.5. The third-order valence-corrected chi connectivity index (χ3v) is 3.50. The molecule has 0 bridgehead atoms. The number of aryl methyl sites for hydroxylation is 1. The van der Waals surface area contributed by atoms with Crippen molar-refractivity contribution < 1.29 is 0 Å². The van der Waals surface area contributed by atoms with Crippen LogP contribution in [0, 0.1) is 6.92 Å². The average molecular weight is 313 g/mol. The smallest absolute Gasteiger partial charge is 0.0734 e. The van der Waals surface area contributed by atoms with Crippen molar-refractivity contribution in [3.05, 3.63) is 64.8 Å². The van der Waals surface area contributed by atoms with Crippen LogP contribution in [0.1, 0.15) is 5.56 Å². The highest BCUT2D eigenvalue weighted by Gasteiger charge is 2.03. The van der Waals surface area contributed by atoms with Gasteiger partial charge in [-0.25, -0.2) is 0 Å². The first-order valence-corrected chi connectivity index (χ1v) is 6.90. The van der Waals surface area contributed by atoms with Crippen LogP contribution in [0.5, 0.6) is 0 Å². The molecule has 0 fully saturated rings. The molecule has 0 atom stereocenters. The molecule has 19 heavy (non-hydrogen) atoms. The lowest BCUT2D eigenvalue weighted by molar-refractivity contribution is 1.39. The molecule has 0 aliphatic heterocycles. The number of hydrogen-bond donors (Lipinski definition) is 1. The number of benzene rings is 2. The summed E-state index contributed by atoms with van der Waals surface area (Å²) < 4.78 is 1.04. The van der Waals surface area contributed by atoms with Crippen LogP contribution in [-0.4, -0.2) is 4.98 Å². The SMILES string of the molecule is Cc1cccc(Nc2ccnc3cc(Br)ccc23)c1. The fraction of sp³-hybridized carbons (Fsp3) is 0.0625. The molecule has 0 aliphatic rings. The van der Waals surface area contributed by atoms with Crippen molar-refractivity contribution in [1.29, 1.82) is 0 Å². The van der Waals surface area contributed by atoms with Gasteiger partial charge in [0.1, 0.15) is 0 Å². The maximum absolute atomic E-state index is 4.39. The van der Waals surface area contributed by atoms with E-state index in [0.717, 1.165) is 26.8 Å². The number of hydrogen-bond acceptors (Lipinski definition) is 2. The minimum Gasteiger partial charge on any atom is -0.355 e. The zero-order valence-corrected chi connectivity index (χ0v) is 12.1. The molecule has 0 aliphatic carbocycles. The Kier molecular flexibility index (Phi) is 3.22. The molecular weight excluding hydrogens is 300 g/mol. The molecule has 3 heteroatoms. The molecule has 1 aromatic heterocycles. The Balaban J connectivity index is 2.06. The molecule has 1 heterocycles. The third kappa shape index (κ3) is 2.61. The Morgan fingerprint density at radius 3 is 2.79 bits per heavy atom. The molecule has 0 saturated heterocycles. The Morgan fingerprint density at radius 1 is 1.05 bits per heavy atom. The number of halogens is 1. The van der Waals surface area contributed by atoms with E-state index in [1.165, 1.54) is 5.56 Å². The summed E-state index contributed by atoms with van der Waals surface area (Å²) in [6.45, 7) is 2.09. The standard InChI is InChI=1S/C16H13BrN2/c1-11-3-2-4-13(9-11)19-15-7-8-18-16-10-12(17)5-6-14(15)16/h2-10H,1H3,(H,18,19). The summed E-state index contributed by atoms with van der Waals surface area (Å²) in [6.07, 6.45) is 1.83. The van der Waals surface area contributed by atoms with Crippen LogP contribution in [0.3, 0.4) is 0 Å². The fourth-order valence-corrected chi connectivity index (χ4v) is 2.46. The van der Waals surface area contributed by atoms with E-state index < -0.39 is 0 Å². The second-order valence-electron chi connectivity index (χ2n) is 4.51. The summed E-state index contributed by atoms with van der Waals surface area (Å²) in [5.41, 5.74) is 4.39. The van der Waals surface area contributed by atoms with Gasteiger partial charge in [0.05, 0.1) is 5.52 Å². The first kappa shape index (κ1) is 12.2. The molecule has 0 unspecified atom stereocenters. The minimum atomic E-state index is 0.979. The van der Waals surface area contributed by atoms with Crippen molar-refractivity contribution in [3.63, 3.8) is 0 Å². The maximum Gasteiger partial charge on any atom is 0.0734 e. The summed E-state index contributed by atoms with van der Waals surface area (Å²) in [6, 6.07) is 16.5. The largest absolute Gasteiger partial charge is 0.355 e. The van der Waals surface area contributed by atoms with E-state index in [4.69, 9.17) is 0 Å². The molecule has 94 valence electrons. The van der Waals surface area contributed by atoms with Crippen LogP contribution in [0.15, 0.2) is 59.2 Å². The van der Waals surface area contributed by atoms with E-state index in [0.29, 0.717) is 0 Å². The second kappa shape index (κ2) is 5.02. The van der Waals surface area contributed by atoms with Crippen molar-refractivity contribution in [3.8, 4) is 0 Å². The van der Waals surface area contributed by atoms with Gasteiger partial charge < -0.3 is 5.32 Å². The van der Waals surface area contributed by atoms with E-state index >= 15 is 0 Å². The Bertz CT molecular complexity index is 738. The summed E-state index contributed by atoms with van der Waals surface area (Å²) in [4.78, 5) is 4.39. The van der Waals surface area contributed by atoms with Crippen molar-refractivity contribution in [2.24, 2.45) is 0 Å². The van der Waals surface area contributed by atoms with Gasteiger partial charge in [0, 0.05) is 27.4 Å². The van der Waals surface area contributed by atoms with Crippen molar-refractivity contribution >= 4 is 38.2 Å². The summed E-state index contributed by atoms with van der Waals surface area (Å²) in [5, 5.41) is 4.57. The summed E-state index contributed by atoms with van der Waals surface area (Å²) in [7, 11) is 0. The number of fused-ring (bicyclic) bond motifs is 1. The highest BCUT2D eigenvalue weighted by Crippen LogP contribution is 2.27. The van der Waals surface area contributed by atoms with E-state index in [1.54, 1.807) is 0 Å². The van der Waals surface area contributed by atoms with Gasteiger partial charge in [-0.1, -0.05) is 28.1 Å². The zero-order chi connectivity index (χ0) is 13.2. The monoisotopic (exact) mass is 312 g/mol. The minimum absolute atomic E-state index is 0.979. The topological polar surface area (TPSA) is 24.9 Å². The lowest BCUT2D eigenvalue weighted by atomic mass is 10.1. The van der Waals surface area contributed by atoms with Crippen molar-refractivity contribution in [1.82, 2.24) is 4.98 Å². The lowest BCUT2D eigenvalue weighted by Gasteiger charge is -2.10. The predicted octanol–water partition coefficient (Wildman–Crippen LogP) is 5.05. The number of rotatable bonds is 2. The lowest BCUT2D eigenvalue weighted by Crippen LogP contribution is -1.92. The van der Waals surface area contributed by atoms with Gasteiger partial charge in [0.2, 0.25) is 0 Å². The van der Waals surface area contributed by atoms with Crippen LogP contribution in [0.2, 0.25) is 0 Å². The summed E-state index contributed by atoms with van der Waals surface area (Å²) >= 11 is 3.47. The van der Waals surface area contributed by atoms with Gasteiger partial charge in [0.25, 0.3) is 0 Å². The van der Waals surface area contributed by atoms with Crippen molar-refractivity contribution in [2.75, 3.05) is 5.32 Å². The van der Waals surface area contributed by atoms with Gasteiger partial charge in [0.15, 0.2) is 0 Å². The van der Waals surface area contributed by atoms with Gasteiger partial charge in [-0.05, 0) is 48.9 Å². The first-order chi connectivity index (χ1) is 9.22. The highest BCUT2D eigenvalue weighted by molar-refractivity contribution is 9.10. The third-order valence-electron chi connectivity index (χ3n) is 3.00. The van der Waals surface area contributed by atoms with E-state index in [9.17, 15) is 0 Å². The van der Waals surface area contributed by atoms with Gasteiger partial charge in [-0.3, -0.25) is 4.98 Å². The second-order valence-corrected chi connectivity index (χ2v) is 5.43. The van der Waals surface area contributed by atoms with Gasteiger partial charge >= 0.3 is 0 Å². The number of aromatic nitrogens is 1. The molecular formula is C16H13BrN2. The number of nitrogens with zero attached hydrogens (tertiary/aromatic N) is 1. The van der Waals surface area contributed by atoms with Crippen molar-refractivity contribution in [2.45, 2.75) is 6.92 Å². The van der Waals surface area contributed by atoms with E-state index in [1.807, 2.05) is 24.4 Å². The molecule has 0 radical (unpaired) electrons. The average Bonchev–Trinajstić information content (AvgIpc) is 2.38. The predicted molar refractivity (Wildman–Crippen MR) is 83.9 cm³/mol. The molecule has 0 saturated carbocycles. The Morgan fingerprint density at radius 2 is 1.95 bits per heavy atom. The van der Waals surface area contributed by atoms with Crippen LogP contribution in [-0.2, 0) is 0 Å². The van der Waals surface area contributed by atoms with Crippen LogP contribution in [0.4, 0.5) is 11.4 Å². The first-order valence-electron chi connectivity index (χ1n) is 6.10. The Labute approximate surface area is 120 Å². The molecule has 3 rings (SSSR count). The normalized spacial score (nSPS) is 10.6. The van der Waals surface area contributed by atoms with E-state index in [-0.39, 0.29) is 0 Å². The fourth-order valence-electron chi connectivity index (χ4n) is 2.11. The van der Waals surface area contributed by atoms with Gasteiger partial charge in [-0.2, -0.15) is 0 Å². The maximum atomic E-state index is 4.39. The van der Waals surface area contributed by atoms with E-state index in [2.05, 4.69) is 63.5 Å². The summed E-state index contributed by atoms with van der Waals surface area (Å²) in [5.74, 6) is 0. The molecule has 1 N–H and O–H groups in total. The van der Waals surface area contributed by atoms with Gasteiger partial charge in [-0.15, -0.1) is 0 Å².